The normalized spacial score (nSPS) is 17.6. The maximum atomic E-state index is 12.4. The summed E-state index contributed by atoms with van der Waals surface area (Å²) in [7, 11) is 0. The summed E-state index contributed by atoms with van der Waals surface area (Å²) in [6.45, 7) is 0. The topological polar surface area (TPSA) is 55.1 Å². The quantitative estimate of drug-likeness (QED) is 0.807. The van der Waals surface area contributed by atoms with Crippen molar-refractivity contribution >= 4 is 38.9 Å². The number of fused-ring (bicyclic) bond motifs is 1. The molecule has 104 valence electrons. The predicted molar refractivity (Wildman–Crippen MR) is 86.0 cm³/mol. The fourth-order valence-electron chi connectivity index (χ4n) is 2.60. The number of halogens is 1. The van der Waals surface area contributed by atoms with Gasteiger partial charge in [0.25, 0.3) is 5.91 Å². The molecular weight excluding hydrogens is 336 g/mol. The first-order chi connectivity index (χ1) is 9.66. The molecule has 0 saturated heterocycles. The SMILES string of the molecule is Nc1cccc(C(=O)NC2CCCc3sccc32)c1Br. The van der Waals surface area contributed by atoms with E-state index in [2.05, 4.69) is 32.7 Å². The number of hydrogen-bond acceptors (Lipinski definition) is 3. The lowest BCUT2D eigenvalue weighted by molar-refractivity contribution is 0.0932. The Kier molecular flexibility index (Phi) is 3.81. The zero-order valence-electron chi connectivity index (χ0n) is 10.9. The Morgan fingerprint density at radius 2 is 2.25 bits per heavy atom. The molecule has 5 heteroatoms. The number of nitrogen functional groups attached to an aromatic ring is 1. The summed E-state index contributed by atoms with van der Waals surface area (Å²) in [6, 6.07) is 7.60. The van der Waals surface area contributed by atoms with Crippen LogP contribution in [-0.2, 0) is 6.42 Å². The number of carbonyl (C=O) groups is 1. The Hall–Kier alpha value is -1.33. The molecule has 3 rings (SSSR count). The highest BCUT2D eigenvalue weighted by Crippen LogP contribution is 2.34. The van der Waals surface area contributed by atoms with E-state index in [-0.39, 0.29) is 11.9 Å². The first-order valence-corrected chi connectivity index (χ1v) is 8.25. The molecule has 2 aromatic rings. The molecule has 3 nitrogen and oxygen atoms in total. The molecule has 1 aliphatic rings. The number of hydrogen-bond donors (Lipinski definition) is 2. The van der Waals surface area contributed by atoms with Crippen LogP contribution in [0.25, 0.3) is 0 Å². The average Bonchev–Trinajstić information content (AvgIpc) is 2.91. The van der Waals surface area contributed by atoms with Crippen molar-refractivity contribution in [2.24, 2.45) is 0 Å². The van der Waals surface area contributed by atoms with Gasteiger partial charge in [-0.2, -0.15) is 0 Å². The third kappa shape index (κ3) is 2.47. The summed E-state index contributed by atoms with van der Waals surface area (Å²) in [6.07, 6.45) is 3.24. The van der Waals surface area contributed by atoms with Crippen LogP contribution in [0.15, 0.2) is 34.1 Å². The van der Waals surface area contributed by atoms with Crippen molar-refractivity contribution < 1.29 is 4.79 Å². The fraction of sp³-hybridized carbons (Fsp3) is 0.267. The number of aryl methyl sites for hydroxylation is 1. The van der Waals surface area contributed by atoms with Gasteiger partial charge in [-0.3, -0.25) is 4.79 Å². The van der Waals surface area contributed by atoms with Crippen molar-refractivity contribution in [2.75, 3.05) is 5.73 Å². The highest BCUT2D eigenvalue weighted by Gasteiger charge is 2.23. The molecule has 0 spiro atoms. The van der Waals surface area contributed by atoms with Crippen molar-refractivity contribution in [1.82, 2.24) is 5.32 Å². The number of nitrogens with two attached hydrogens (primary N) is 1. The molecule has 0 bridgehead atoms. The van der Waals surface area contributed by atoms with Gasteiger partial charge < -0.3 is 11.1 Å². The molecule has 1 atom stereocenters. The van der Waals surface area contributed by atoms with Crippen molar-refractivity contribution in [3.8, 4) is 0 Å². The summed E-state index contributed by atoms with van der Waals surface area (Å²) in [5, 5.41) is 5.23. The molecule has 0 aliphatic heterocycles. The van der Waals surface area contributed by atoms with Gasteiger partial charge in [0.05, 0.1) is 16.1 Å². The molecule has 20 heavy (non-hydrogen) atoms. The second-order valence-corrected chi connectivity index (χ2v) is 6.72. The van der Waals surface area contributed by atoms with Crippen molar-refractivity contribution in [3.63, 3.8) is 0 Å². The van der Waals surface area contributed by atoms with E-state index in [1.54, 1.807) is 29.5 Å². The van der Waals surface area contributed by atoms with Crippen LogP contribution in [-0.4, -0.2) is 5.91 Å². The highest BCUT2D eigenvalue weighted by molar-refractivity contribution is 9.10. The number of carbonyl (C=O) groups excluding carboxylic acids is 1. The largest absolute Gasteiger partial charge is 0.398 e. The van der Waals surface area contributed by atoms with Crippen LogP contribution in [0.4, 0.5) is 5.69 Å². The van der Waals surface area contributed by atoms with E-state index in [0.29, 0.717) is 15.7 Å². The molecule has 3 N–H and O–H groups in total. The van der Waals surface area contributed by atoms with Gasteiger partial charge in [0, 0.05) is 10.6 Å². The maximum absolute atomic E-state index is 12.4. The predicted octanol–water partition coefficient (Wildman–Crippen LogP) is 3.90. The Labute approximate surface area is 130 Å². The Morgan fingerprint density at radius 1 is 1.40 bits per heavy atom. The van der Waals surface area contributed by atoms with Gasteiger partial charge in [-0.1, -0.05) is 6.07 Å². The second kappa shape index (κ2) is 5.58. The van der Waals surface area contributed by atoms with Crippen molar-refractivity contribution in [1.29, 1.82) is 0 Å². The minimum absolute atomic E-state index is 0.0757. The molecule has 1 aromatic heterocycles. The molecule has 1 amide bonds. The summed E-state index contributed by atoms with van der Waals surface area (Å²) >= 11 is 5.16. The monoisotopic (exact) mass is 350 g/mol. The van der Waals surface area contributed by atoms with Crippen LogP contribution in [0.5, 0.6) is 0 Å². The zero-order valence-corrected chi connectivity index (χ0v) is 13.3. The Bertz CT molecular complexity index is 653. The van der Waals surface area contributed by atoms with E-state index in [9.17, 15) is 4.79 Å². The molecule has 1 unspecified atom stereocenters. The summed E-state index contributed by atoms with van der Waals surface area (Å²) < 4.78 is 0.666. The van der Waals surface area contributed by atoms with Crippen LogP contribution in [0, 0.1) is 0 Å². The number of amides is 1. The first kappa shape index (κ1) is 13.6. The lowest BCUT2D eigenvalue weighted by Gasteiger charge is -2.24. The lowest BCUT2D eigenvalue weighted by Crippen LogP contribution is -2.30. The number of thiophene rings is 1. The molecular formula is C15H15BrN2OS. The van der Waals surface area contributed by atoms with Crippen LogP contribution in [0.3, 0.4) is 0 Å². The Balaban J connectivity index is 1.83. The van der Waals surface area contributed by atoms with E-state index < -0.39 is 0 Å². The number of rotatable bonds is 2. The second-order valence-electron chi connectivity index (χ2n) is 4.93. The standard InChI is InChI=1S/C15H15BrN2OS/c16-14-10(3-1-4-11(14)17)15(19)18-12-5-2-6-13-9(12)7-8-20-13/h1,3-4,7-8,12H,2,5-6,17H2,(H,18,19). The Morgan fingerprint density at radius 3 is 3.10 bits per heavy atom. The van der Waals surface area contributed by atoms with E-state index in [4.69, 9.17) is 5.73 Å². The van der Waals surface area contributed by atoms with E-state index in [0.717, 1.165) is 19.3 Å². The van der Waals surface area contributed by atoms with Gasteiger partial charge in [-0.15, -0.1) is 11.3 Å². The van der Waals surface area contributed by atoms with Crippen LogP contribution < -0.4 is 11.1 Å². The molecule has 0 radical (unpaired) electrons. The zero-order chi connectivity index (χ0) is 14.1. The van der Waals surface area contributed by atoms with Gasteiger partial charge in [-0.05, 0) is 64.3 Å². The van der Waals surface area contributed by atoms with Gasteiger partial charge >= 0.3 is 0 Å². The summed E-state index contributed by atoms with van der Waals surface area (Å²) in [4.78, 5) is 13.8. The van der Waals surface area contributed by atoms with Crippen LogP contribution in [0.1, 0.15) is 39.7 Å². The van der Waals surface area contributed by atoms with Gasteiger partial charge in [0.15, 0.2) is 0 Å². The van der Waals surface area contributed by atoms with E-state index in [1.807, 2.05) is 0 Å². The molecule has 0 fully saturated rings. The minimum Gasteiger partial charge on any atom is -0.398 e. The van der Waals surface area contributed by atoms with Crippen molar-refractivity contribution in [3.05, 3.63) is 50.1 Å². The van der Waals surface area contributed by atoms with Gasteiger partial charge in [-0.25, -0.2) is 0 Å². The van der Waals surface area contributed by atoms with Gasteiger partial charge in [0.2, 0.25) is 0 Å². The summed E-state index contributed by atoms with van der Waals surface area (Å²) in [5.41, 5.74) is 8.27. The highest BCUT2D eigenvalue weighted by atomic mass is 79.9. The maximum Gasteiger partial charge on any atom is 0.252 e. The van der Waals surface area contributed by atoms with E-state index >= 15 is 0 Å². The number of benzene rings is 1. The summed E-state index contributed by atoms with van der Waals surface area (Å²) in [5.74, 6) is -0.0757. The average molecular weight is 351 g/mol. The van der Waals surface area contributed by atoms with Crippen molar-refractivity contribution in [2.45, 2.75) is 25.3 Å². The molecule has 0 saturated carbocycles. The first-order valence-electron chi connectivity index (χ1n) is 6.58. The smallest absolute Gasteiger partial charge is 0.252 e. The number of nitrogens with one attached hydrogen (secondary N) is 1. The molecule has 1 aliphatic carbocycles. The van der Waals surface area contributed by atoms with Crippen LogP contribution in [0.2, 0.25) is 0 Å². The van der Waals surface area contributed by atoms with Gasteiger partial charge in [0.1, 0.15) is 0 Å². The van der Waals surface area contributed by atoms with E-state index in [1.165, 1.54) is 10.4 Å². The lowest BCUT2D eigenvalue weighted by atomic mass is 9.94. The molecule has 1 heterocycles. The van der Waals surface area contributed by atoms with Crippen LogP contribution >= 0.6 is 27.3 Å². The molecule has 1 aromatic carbocycles. The fourth-order valence-corrected chi connectivity index (χ4v) is 4.03. The third-order valence-electron chi connectivity index (χ3n) is 3.63. The third-order valence-corrected chi connectivity index (χ3v) is 5.51. The number of anilines is 1. The minimum atomic E-state index is -0.0757.